The SMILES string of the molecule is CN(CC(O)C1CC1)C(=O)NC1CCCC2OCCC12. The van der Waals surface area contributed by atoms with Crippen molar-refractivity contribution in [1.29, 1.82) is 0 Å². The number of aliphatic hydroxyl groups excluding tert-OH is 1. The van der Waals surface area contributed by atoms with Crippen molar-refractivity contribution in [2.75, 3.05) is 20.2 Å². The second-order valence-electron chi connectivity index (χ2n) is 6.63. The number of nitrogens with zero attached hydrogens (tertiary/aromatic N) is 1. The summed E-state index contributed by atoms with van der Waals surface area (Å²) < 4.78 is 5.73. The third kappa shape index (κ3) is 3.09. The monoisotopic (exact) mass is 282 g/mol. The van der Waals surface area contributed by atoms with Crippen LogP contribution in [0, 0.1) is 11.8 Å². The van der Waals surface area contributed by atoms with Gasteiger partial charge in [-0.3, -0.25) is 0 Å². The highest BCUT2D eigenvalue weighted by atomic mass is 16.5. The van der Waals surface area contributed by atoms with E-state index in [0.29, 0.717) is 24.5 Å². The number of urea groups is 1. The average molecular weight is 282 g/mol. The van der Waals surface area contributed by atoms with Crippen molar-refractivity contribution >= 4 is 6.03 Å². The lowest BCUT2D eigenvalue weighted by Crippen LogP contribution is -2.50. The molecule has 114 valence electrons. The Kier molecular flexibility index (Phi) is 4.17. The Morgan fingerprint density at radius 1 is 1.35 bits per heavy atom. The van der Waals surface area contributed by atoms with Crippen LogP contribution in [0.1, 0.15) is 38.5 Å². The number of rotatable bonds is 4. The lowest BCUT2D eigenvalue weighted by atomic mass is 9.82. The smallest absolute Gasteiger partial charge is 0.317 e. The number of hydrogen-bond acceptors (Lipinski definition) is 3. The molecule has 0 aromatic rings. The van der Waals surface area contributed by atoms with E-state index in [-0.39, 0.29) is 18.2 Å². The maximum absolute atomic E-state index is 12.2. The molecule has 0 aromatic carbocycles. The Labute approximate surface area is 120 Å². The highest BCUT2D eigenvalue weighted by Gasteiger charge is 2.39. The minimum absolute atomic E-state index is 0.0535. The zero-order chi connectivity index (χ0) is 14.1. The molecule has 2 N–H and O–H groups in total. The Hall–Kier alpha value is -0.810. The van der Waals surface area contributed by atoms with Gasteiger partial charge in [-0.2, -0.15) is 0 Å². The number of amides is 2. The van der Waals surface area contributed by atoms with Crippen molar-refractivity contribution in [2.45, 2.75) is 56.8 Å². The van der Waals surface area contributed by atoms with Gasteiger partial charge in [-0.1, -0.05) is 0 Å². The zero-order valence-corrected chi connectivity index (χ0v) is 12.3. The quantitative estimate of drug-likeness (QED) is 0.818. The van der Waals surface area contributed by atoms with E-state index in [2.05, 4.69) is 5.32 Å². The first-order valence-electron chi connectivity index (χ1n) is 7.96. The topological polar surface area (TPSA) is 61.8 Å². The molecule has 4 atom stereocenters. The van der Waals surface area contributed by atoms with Crippen LogP contribution in [0.4, 0.5) is 4.79 Å². The van der Waals surface area contributed by atoms with E-state index in [1.807, 2.05) is 0 Å². The van der Waals surface area contributed by atoms with Gasteiger partial charge in [0.2, 0.25) is 0 Å². The van der Waals surface area contributed by atoms with Crippen LogP contribution in [-0.4, -0.2) is 54.5 Å². The third-order valence-corrected chi connectivity index (χ3v) is 5.06. The van der Waals surface area contributed by atoms with Gasteiger partial charge in [0.1, 0.15) is 0 Å². The molecule has 0 radical (unpaired) electrons. The Bertz CT molecular complexity index is 359. The van der Waals surface area contributed by atoms with Gasteiger partial charge in [-0.15, -0.1) is 0 Å². The molecule has 4 unspecified atom stereocenters. The number of carbonyl (C=O) groups is 1. The number of hydrogen-bond donors (Lipinski definition) is 2. The Balaban J connectivity index is 1.49. The van der Waals surface area contributed by atoms with Gasteiger partial charge in [-0.05, 0) is 44.4 Å². The summed E-state index contributed by atoms with van der Waals surface area (Å²) in [4.78, 5) is 13.9. The van der Waals surface area contributed by atoms with Crippen LogP contribution in [0.3, 0.4) is 0 Å². The van der Waals surface area contributed by atoms with Crippen molar-refractivity contribution in [2.24, 2.45) is 11.8 Å². The second kappa shape index (κ2) is 5.90. The van der Waals surface area contributed by atoms with Crippen LogP contribution < -0.4 is 5.32 Å². The predicted molar refractivity (Wildman–Crippen MR) is 75.4 cm³/mol. The molecular weight excluding hydrogens is 256 g/mol. The van der Waals surface area contributed by atoms with Gasteiger partial charge >= 0.3 is 6.03 Å². The van der Waals surface area contributed by atoms with Crippen LogP contribution in [-0.2, 0) is 4.74 Å². The molecule has 3 aliphatic rings. The molecule has 1 aliphatic heterocycles. The molecule has 0 bridgehead atoms. The van der Waals surface area contributed by atoms with Gasteiger partial charge in [-0.25, -0.2) is 4.79 Å². The molecule has 2 saturated carbocycles. The summed E-state index contributed by atoms with van der Waals surface area (Å²) in [5.41, 5.74) is 0. The molecule has 5 nitrogen and oxygen atoms in total. The van der Waals surface area contributed by atoms with E-state index in [9.17, 15) is 9.90 Å². The third-order valence-electron chi connectivity index (χ3n) is 5.06. The maximum Gasteiger partial charge on any atom is 0.317 e. The summed E-state index contributed by atoms with van der Waals surface area (Å²) in [6, 6.07) is 0.187. The summed E-state index contributed by atoms with van der Waals surface area (Å²) in [6.45, 7) is 1.27. The molecular formula is C15H26N2O3. The fraction of sp³-hybridized carbons (Fsp3) is 0.933. The largest absolute Gasteiger partial charge is 0.391 e. The van der Waals surface area contributed by atoms with E-state index in [1.165, 1.54) is 0 Å². The molecule has 2 amide bonds. The number of likely N-dealkylation sites (N-methyl/N-ethyl adjacent to an activating group) is 1. The van der Waals surface area contributed by atoms with E-state index in [0.717, 1.165) is 45.1 Å². The zero-order valence-electron chi connectivity index (χ0n) is 12.3. The molecule has 3 fully saturated rings. The van der Waals surface area contributed by atoms with Crippen LogP contribution >= 0.6 is 0 Å². The summed E-state index contributed by atoms with van der Waals surface area (Å²) in [5.74, 6) is 0.891. The number of nitrogens with one attached hydrogen (secondary N) is 1. The summed E-state index contributed by atoms with van der Waals surface area (Å²) >= 11 is 0. The standard InChI is InChI=1S/C15H26N2O3/c1-17(9-13(18)10-5-6-10)15(19)16-12-3-2-4-14-11(12)7-8-20-14/h10-14,18H,2-9H2,1H3,(H,16,19). The van der Waals surface area contributed by atoms with Crippen LogP contribution in [0.2, 0.25) is 0 Å². The van der Waals surface area contributed by atoms with Crippen molar-refractivity contribution in [3.05, 3.63) is 0 Å². The minimum Gasteiger partial charge on any atom is -0.391 e. The fourth-order valence-corrected chi connectivity index (χ4v) is 3.62. The van der Waals surface area contributed by atoms with Crippen molar-refractivity contribution in [3.63, 3.8) is 0 Å². The lowest BCUT2D eigenvalue weighted by molar-refractivity contribution is 0.0531. The maximum atomic E-state index is 12.2. The van der Waals surface area contributed by atoms with Crippen LogP contribution in [0.25, 0.3) is 0 Å². The molecule has 0 spiro atoms. The van der Waals surface area contributed by atoms with E-state index in [1.54, 1.807) is 11.9 Å². The summed E-state index contributed by atoms with van der Waals surface area (Å²) in [6.07, 6.45) is 6.55. The van der Waals surface area contributed by atoms with Crippen molar-refractivity contribution in [3.8, 4) is 0 Å². The van der Waals surface area contributed by atoms with E-state index in [4.69, 9.17) is 4.74 Å². The first-order chi connectivity index (χ1) is 9.65. The van der Waals surface area contributed by atoms with Crippen molar-refractivity contribution < 1.29 is 14.6 Å². The first-order valence-corrected chi connectivity index (χ1v) is 7.96. The number of ether oxygens (including phenoxy) is 1. The minimum atomic E-state index is -0.361. The van der Waals surface area contributed by atoms with Crippen molar-refractivity contribution in [1.82, 2.24) is 10.2 Å². The molecule has 5 heteroatoms. The molecule has 0 aromatic heterocycles. The number of fused-ring (bicyclic) bond motifs is 1. The van der Waals surface area contributed by atoms with Crippen LogP contribution in [0.5, 0.6) is 0 Å². The lowest BCUT2D eigenvalue weighted by Gasteiger charge is -2.34. The molecule has 3 rings (SSSR count). The van der Waals surface area contributed by atoms with Gasteiger partial charge < -0.3 is 20.1 Å². The Morgan fingerprint density at radius 3 is 2.90 bits per heavy atom. The van der Waals surface area contributed by atoms with E-state index < -0.39 is 0 Å². The second-order valence-corrected chi connectivity index (χ2v) is 6.63. The summed E-state index contributed by atoms with van der Waals surface area (Å²) in [7, 11) is 1.77. The molecule has 20 heavy (non-hydrogen) atoms. The van der Waals surface area contributed by atoms with E-state index >= 15 is 0 Å². The Morgan fingerprint density at radius 2 is 2.15 bits per heavy atom. The van der Waals surface area contributed by atoms with Crippen LogP contribution in [0.15, 0.2) is 0 Å². The number of carbonyl (C=O) groups excluding carboxylic acids is 1. The number of aliphatic hydroxyl groups is 1. The van der Waals surface area contributed by atoms with Gasteiger partial charge in [0.15, 0.2) is 0 Å². The first kappa shape index (κ1) is 14.1. The summed E-state index contributed by atoms with van der Waals surface area (Å²) in [5, 5.41) is 13.1. The molecule has 1 saturated heterocycles. The van der Waals surface area contributed by atoms with Gasteiger partial charge in [0.25, 0.3) is 0 Å². The van der Waals surface area contributed by atoms with Gasteiger partial charge in [0, 0.05) is 32.2 Å². The average Bonchev–Trinajstić information content (AvgIpc) is 3.17. The fourth-order valence-electron chi connectivity index (χ4n) is 3.62. The normalized spacial score (nSPS) is 34.4. The molecule has 2 aliphatic carbocycles. The highest BCUT2D eigenvalue weighted by molar-refractivity contribution is 5.74. The molecule has 1 heterocycles. The highest BCUT2D eigenvalue weighted by Crippen LogP contribution is 2.35. The predicted octanol–water partition coefficient (Wildman–Crippen LogP) is 1.36. The van der Waals surface area contributed by atoms with Gasteiger partial charge in [0.05, 0.1) is 12.2 Å².